The molecule has 1 heterocycles. The van der Waals surface area contributed by atoms with Crippen molar-refractivity contribution < 1.29 is 13.2 Å². The van der Waals surface area contributed by atoms with Crippen LogP contribution in [-0.4, -0.2) is 10.2 Å². The Balaban J connectivity index is 2.10. The normalized spacial score (nSPS) is 11.1. The van der Waals surface area contributed by atoms with Crippen molar-refractivity contribution in [1.82, 2.24) is 10.2 Å². The average molecular weight is 332 g/mol. The molecule has 2 aromatic rings. The van der Waals surface area contributed by atoms with Crippen molar-refractivity contribution in [3.63, 3.8) is 0 Å². The Kier molecular flexibility index (Phi) is 4.14. The maximum absolute atomic E-state index is 13.5. The summed E-state index contributed by atoms with van der Waals surface area (Å²) in [5, 5.41) is 10.5. The molecule has 1 N–H and O–H groups in total. The molecule has 0 saturated heterocycles. The van der Waals surface area contributed by atoms with E-state index in [0.29, 0.717) is 16.3 Å². The molecular formula is C12H12BrF2N3O. The molecule has 1 aromatic carbocycles. The third-order valence-electron chi connectivity index (χ3n) is 2.40. The zero-order valence-electron chi connectivity index (χ0n) is 10.4. The maximum atomic E-state index is 13.5. The Morgan fingerprint density at radius 3 is 2.63 bits per heavy atom. The molecule has 0 atom stereocenters. The van der Waals surface area contributed by atoms with E-state index in [1.54, 1.807) is 0 Å². The van der Waals surface area contributed by atoms with Gasteiger partial charge in [0.15, 0.2) is 0 Å². The van der Waals surface area contributed by atoms with E-state index in [0.717, 1.165) is 6.07 Å². The summed E-state index contributed by atoms with van der Waals surface area (Å²) in [5.74, 6) is -0.324. The van der Waals surface area contributed by atoms with Crippen LogP contribution >= 0.6 is 15.9 Å². The summed E-state index contributed by atoms with van der Waals surface area (Å²) < 4.78 is 32.1. The van der Waals surface area contributed by atoms with Gasteiger partial charge in [-0.1, -0.05) is 13.8 Å². The van der Waals surface area contributed by atoms with Crippen molar-refractivity contribution in [3.05, 3.63) is 40.0 Å². The second-order valence-electron chi connectivity index (χ2n) is 4.29. The first-order chi connectivity index (χ1) is 8.97. The van der Waals surface area contributed by atoms with E-state index in [1.807, 2.05) is 13.8 Å². The molecule has 102 valence electrons. The fourth-order valence-corrected chi connectivity index (χ4v) is 1.99. The minimum absolute atomic E-state index is 0.135. The van der Waals surface area contributed by atoms with Gasteiger partial charge in [-0.2, -0.15) is 0 Å². The number of hydrogen-bond donors (Lipinski definition) is 1. The molecule has 0 aliphatic carbocycles. The molecule has 4 nitrogen and oxygen atoms in total. The zero-order chi connectivity index (χ0) is 14.0. The summed E-state index contributed by atoms with van der Waals surface area (Å²) in [5.41, 5.74) is 0.158. The highest BCUT2D eigenvalue weighted by atomic mass is 79.9. The topological polar surface area (TPSA) is 51.0 Å². The van der Waals surface area contributed by atoms with E-state index < -0.39 is 11.6 Å². The van der Waals surface area contributed by atoms with Crippen molar-refractivity contribution in [1.29, 1.82) is 0 Å². The number of rotatable bonds is 4. The van der Waals surface area contributed by atoms with E-state index in [1.165, 1.54) is 6.07 Å². The Hall–Kier alpha value is -1.50. The molecular weight excluding hydrogens is 320 g/mol. The number of aromatic nitrogens is 2. The molecule has 0 bridgehead atoms. The number of benzene rings is 1. The Morgan fingerprint density at radius 1 is 1.32 bits per heavy atom. The first kappa shape index (κ1) is 13.9. The fraction of sp³-hybridized carbons (Fsp3) is 0.333. The highest BCUT2D eigenvalue weighted by Gasteiger charge is 2.12. The average Bonchev–Trinajstić information content (AvgIpc) is 2.76. The summed E-state index contributed by atoms with van der Waals surface area (Å²) in [7, 11) is 0. The summed E-state index contributed by atoms with van der Waals surface area (Å²) in [6.07, 6.45) is 0. The van der Waals surface area contributed by atoms with Crippen molar-refractivity contribution in [2.24, 2.45) is 0 Å². The van der Waals surface area contributed by atoms with Gasteiger partial charge in [-0.15, -0.1) is 10.2 Å². The Labute approximate surface area is 117 Å². The minimum atomic E-state index is -0.685. The first-order valence-electron chi connectivity index (χ1n) is 5.68. The third-order valence-corrected chi connectivity index (χ3v) is 3.03. The van der Waals surface area contributed by atoms with E-state index in [4.69, 9.17) is 4.42 Å². The molecule has 7 heteroatoms. The highest BCUT2D eigenvalue weighted by molar-refractivity contribution is 9.10. The van der Waals surface area contributed by atoms with Crippen LogP contribution in [0.25, 0.3) is 0 Å². The number of nitrogens with one attached hydrogen (secondary N) is 1. The molecule has 0 aliphatic rings. The van der Waals surface area contributed by atoms with Gasteiger partial charge in [0, 0.05) is 16.5 Å². The smallest absolute Gasteiger partial charge is 0.235 e. The number of anilines is 1. The predicted molar refractivity (Wildman–Crippen MR) is 69.8 cm³/mol. The molecule has 0 amide bonds. The lowest BCUT2D eigenvalue weighted by molar-refractivity contribution is 0.437. The molecule has 19 heavy (non-hydrogen) atoms. The van der Waals surface area contributed by atoms with E-state index in [2.05, 4.69) is 31.4 Å². The molecule has 0 radical (unpaired) electrons. The lowest BCUT2D eigenvalue weighted by Gasteiger charge is -2.07. The molecule has 0 fully saturated rings. The fourth-order valence-electron chi connectivity index (χ4n) is 1.45. The molecule has 0 spiro atoms. The lowest BCUT2D eigenvalue weighted by atomic mass is 10.2. The lowest BCUT2D eigenvalue weighted by Crippen LogP contribution is -2.03. The second-order valence-corrected chi connectivity index (χ2v) is 5.14. The van der Waals surface area contributed by atoms with Gasteiger partial charge in [-0.05, 0) is 22.0 Å². The van der Waals surface area contributed by atoms with Gasteiger partial charge in [-0.25, -0.2) is 8.78 Å². The van der Waals surface area contributed by atoms with Crippen LogP contribution in [0, 0.1) is 11.6 Å². The molecule has 1 aromatic heterocycles. The summed E-state index contributed by atoms with van der Waals surface area (Å²) in [6, 6.07) is 1.99. The van der Waals surface area contributed by atoms with Gasteiger partial charge in [0.1, 0.15) is 11.6 Å². The van der Waals surface area contributed by atoms with Gasteiger partial charge >= 0.3 is 0 Å². The van der Waals surface area contributed by atoms with Crippen LogP contribution in [0.2, 0.25) is 0 Å². The SMILES string of the molecule is CC(C)c1nnc(CNc2c(F)cc(F)cc2Br)o1. The number of hydrogen-bond acceptors (Lipinski definition) is 4. The molecule has 0 saturated carbocycles. The van der Waals surface area contributed by atoms with E-state index in [-0.39, 0.29) is 18.2 Å². The second kappa shape index (κ2) is 5.64. The van der Waals surface area contributed by atoms with E-state index >= 15 is 0 Å². The van der Waals surface area contributed by atoms with Crippen molar-refractivity contribution in [3.8, 4) is 0 Å². The number of nitrogens with zero attached hydrogens (tertiary/aromatic N) is 2. The quantitative estimate of drug-likeness (QED) is 0.924. The van der Waals surface area contributed by atoms with Crippen LogP contribution in [0.15, 0.2) is 21.0 Å². The maximum Gasteiger partial charge on any atom is 0.235 e. The van der Waals surface area contributed by atoms with Gasteiger partial charge < -0.3 is 9.73 Å². The van der Waals surface area contributed by atoms with Crippen LogP contribution < -0.4 is 5.32 Å². The van der Waals surface area contributed by atoms with Gasteiger partial charge in [0.25, 0.3) is 0 Å². The monoisotopic (exact) mass is 331 g/mol. The standard InChI is InChI=1S/C12H12BrF2N3O/c1-6(2)12-18-17-10(19-12)5-16-11-8(13)3-7(14)4-9(11)15/h3-4,6,16H,5H2,1-2H3. The summed E-state index contributed by atoms with van der Waals surface area (Å²) in [4.78, 5) is 0. The van der Waals surface area contributed by atoms with Crippen LogP contribution in [-0.2, 0) is 6.54 Å². The molecule has 0 unspecified atom stereocenters. The highest BCUT2D eigenvalue weighted by Crippen LogP contribution is 2.27. The van der Waals surface area contributed by atoms with Gasteiger partial charge in [0.2, 0.25) is 11.8 Å². The van der Waals surface area contributed by atoms with Crippen molar-refractivity contribution >= 4 is 21.6 Å². The van der Waals surface area contributed by atoms with Gasteiger partial charge in [0.05, 0.1) is 12.2 Å². The van der Waals surface area contributed by atoms with Gasteiger partial charge in [-0.3, -0.25) is 0 Å². The van der Waals surface area contributed by atoms with Crippen LogP contribution in [0.4, 0.5) is 14.5 Å². The van der Waals surface area contributed by atoms with Crippen LogP contribution in [0.5, 0.6) is 0 Å². The first-order valence-corrected chi connectivity index (χ1v) is 6.47. The van der Waals surface area contributed by atoms with Crippen molar-refractivity contribution in [2.45, 2.75) is 26.3 Å². The van der Waals surface area contributed by atoms with Crippen molar-refractivity contribution in [2.75, 3.05) is 5.32 Å². The largest absolute Gasteiger partial charge is 0.423 e. The summed E-state index contributed by atoms with van der Waals surface area (Å²) in [6.45, 7) is 4.03. The Bertz CT molecular complexity index is 563. The summed E-state index contributed by atoms with van der Waals surface area (Å²) >= 11 is 3.09. The van der Waals surface area contributed by atoms with Crippen LogP contribution in [0.1, 0.15) is 31.5 Å². The Morgan fingerprint density at radius 2 is 2.05 bits per heavy atom. The molecule has 2 rings (SSSR count). The van der Waals surface area contributed by atoms with Crippen LogP contribution in [0.3, 0.4) is 0 Å². The third kappa shape index (κ3) is 3.28. The number of halogens is 3. The predicted octanol–water partition coefficient (Wildman–Crippen LogP) is 3.85. The molecule has 0 aliphatic heterocycles. The zero-order valence-corrected chi connectivity index (χ0v) is 12.0. The minimum Gasteiger partial charge on any atom is -0.423 e. The van der Waals surface area contributed by atoms with E-state index in [9.17, 15) is 8.78 Å².